The van der Waals surface area contributed by atoms with E-state index in [1.54, 1.807) is 6.92 Å². The summed E-state index contributed by atoms with van der Waals surface area (Å²) in [6, 6.07) is -0.534. The summed E-state index contributed by atoms with van der Waals surface area (Å²) < 4.78 is 0. The molecule has 6 nitrogen and oxygen atoms in total. The van der Waals surface area contributed by atoms with E-state index in [0.717, 1.165) is 0 Å². The van der Waals surface area contributed by atoms with E-state index < -0.39 is 6.04 Å². The number of nitrogens with one attached hydrogen (secondary N) is 1. The van der Waals surface area contributed by atoms with Crippen molar-refractivity contribution in [1.82, 2.24) is 15.3 Å². The molecule has 6 heteroatoms. The Kier molecular flexibility index (Phi) is 7.39. The van der Waals surface area contributed by atoms with Crippen LogP contribution in [0.5, 0.6) is 0 Å². The molecule has 138 valence electrons. The second kappa shape index (κ2) is 8.83. The van der Waals surface area contributed by atoms with Gasteiger partial charge >= 0.3 is 0 Å². The molecular formula is C19H29N3O3. The monoisotopic (exact) mass is 347 g/mol. The van der Waals surface area contributed by atoms with E-state index >= 15 is 0 Å². The van der Waals surface area contributed by atoms with Crippen molar-refractivity contribution in [3.63, 3.8) is 0 Å². The van der Waals surface area contributed by atoms with Gasteiger partial charge in [-0.15, -0.1) is 0 Å². The summed E-state index contributed by atoms with van der Waals surface area (Å²) in [5.74, 6) is -1.12. The van der Waals surface area contributed by atoms with Crippen LogP contribution in [-0.4, -0.2) is 33.5 Å². The molecular weight excluding hydrogens is 318 g/mol. The fourth-order valence-corrected chi connectivity index (χ4v) is 2.62. The van der Waals surface area contributed by atoms with Gasteiger partial charge in [0.15, 0.2) is 11.6 Å². The van der Waals surface area contributed by atoms with Crippen molar-refractivity contribution in [3.05, 3.63) is 24.3 Å². The van der Waals surface area contributed by atoms with Crippen molar-refractivity contribution < 1.29 is 14.4 Å². The largest absolute Gasteiger partial charge is 0.345 e. The lowest BCUT2D eigenvalue weighted by Crippen LogP contribution is -2.49. The highest BCUT2D eigenvalue weighted by atomic mass is 16.2. The number of nitrogens with zero attached hydrogens (tertiary/aromatic N) is 2. The smallest absolute Gasteiger partial charge is 0.224 e. The Bertz CT molecular complexity index is 608. The molecule has 1 aliphatic rings. The van der Waals surface area contributed by atoms with E-state index in [4.69, 9.17) is 0 Å². The third-order valence-corrected chi connectivity index (χ3v) is 4.10. The summed E-state index contributed by atoms with van der Waals surface area (Å²) in [6.07, 6.45) is 5.24. The van der Waals surface area contributed by atoms with E-state index in [1.807, 2.05) is 34.6 Å². The Morgan fingerprint density at radius 1 is 1.20 bits per heavy atom. The lowest BCUT2D eigenvalue weighted by atomic mass is 9.83. The Balaban J connectivity index is 0.00000151. The molecule has 0 aliphatic heterocycles. The SMILES string of the molecule is CC.CCC(=O)C(NC(=O)[C@H]1CC1C(=O)c1cnccn1)C(C)(C)C. The van der Waals surface area contributed by atoms with E-state index in [9.17, 15) is 14.4 Å². The van der Waals surface area contributed by atoms with E-state index in [2.05, 4.69) is 15.3 Å². The summed E-state index contributed by atoms with van der Waals surface area (Å²) in [5.41, 5.74) is -0.0768. The Morgan fingerprint density at radius 3 is 2.32 bits per heavy atom. The fraction of sp³-hybridized carbons (Fsp3) is 0.632. The molecule has 0 spiro atoms. The van der Waals surface area contributed by atoms with Crippen LogP contribution in [0.15, 0.2) is 18.6 Å². The number of carbonyl (C=O) groups is 3. The average molecular weight is 347 g/mol. The van der Waals surface area contributed by atoms with Crippen LogP contribution in [0.2, 0.25) is 0 Å². The molecule has 0 bridgehead atoms. The molecule has 0 aromatic carbocycles. The van der Waals surface area contributed by atoms with Crippen LogP contribution in [-0.2, 0) is 9.59 Å². The van der Waals surface area contributed by atoms with Crippen molar-refractivity contribution in [2.45, 2.75) is 60.4 Å². The van der Waals surface area contributed by atoms with Crippen LogP contribution in [0.25, 0.3) is 0 Å². The molecule has 1 fully saturated rings. The van der Waals surface area contributed by atoms with Gasteiger partial charge in [-0.1, -0.05) is 41.5 Å². The zero-order chi connectivity index (χ0) is 19.2. The highest BCUT2D eigenvalue weighted by molar-refractivity contribution is 6.02. The molecule has 1 aliphatic carbocycles. The second-order valence-electron chi connectivity index (χ2n) is 7.03. The average Bonchev–Trinajstić information content (AvgIpc) is 3.40. The molecule has 1 heterocycles. The first-order valence-electron chi connectivity index (χ1n) is 8.89. The quantitative estimate of drug-likeness (QED) is 0.799. The van der Waals surface area contributed by atoms with Crippen LogP contribution < -0.4 is 5.32 Å². The van der Waals surface area contributed by atoms with Gasteiger partial charge in [0.25, 0.3) is 0 Å². The van der Waals surface area contributed by atoms with Gasteiger partial charge in [-0.05, 0) is 11.8 Å². The zero-order valence-corrected chi connectivity index (χ0v) is 16.0. The van der Waals surface area contributed by atoms with Gasteiger partial charge < -0.3 is 5.32 Å². The third-order valence-electron chi connectivity index (χ3n) is 4.10. The number of hydrogen-bond acceptors (Lipinski definition) is 5. The first-order valence-corrected chi connectivity index (χ1v) is 8.89. The topological polar surface area (TPSA) is 89.0 Å². The van der Waals surface area contributed by atoms with Gasteiger partial charge in [-0.25, -0.2) is 4.98 Å². The van der Waals surface area contributed by atoms with Gasteiger partial charge in [0, 0.05) is 30.7 Å². The van der Waals surface area contributed by atoms with Crippen LogP contribution in [0.3, 0.4) is 0 Å². The lowest BCUT2D eigenvalue weighted by Gasteiger charge is -2.30. The number of hydrogen-bond donors (Lipinski definition) is 1. The Morgan fingerprint density at radius 2 is 1.84 bits per heavy atom. The van der Waals surface area contributed by atoms with Gasteiger partial charge in [0.1, 0.15) is 5.69 Å². The zero-order valence-electron chi connectivity index (χ0n) is 16.0. The minimum Gasteiger partial charge on any atom is -0.345 e. The van der Waals surface area contributed by atoms with Crippen LogP contribution in [0, 0.1) is 17.3 Å². The van der Waals surface area contributed by atoms with Crippen molar-refractivity contribution in [1.29, 1.82) is 0 Å². The van der Waals surface area contributed by atoms with Gasteiger partial charge in [0.05, 0.1) is 12.2 Å². The molecule has 2 unspecified atom stereocenters. The van der Waals surface area contributed by atoms with Crippen LogP contribution >= 0.6 is 0 Å². The number of aromatic nitrogens is 2. The first kappa shape index (κ1) is 20.9. The third kappa shape index (κ3) is 5.44. The Labute approximate surface area is 149 Å². The number of amides is 1. The first-order chi connectivity index (χ1) is 11.8. The lowest BCUT2D eigenvalue weighted by molar-refractivity contribution is -0.130. The maximum atomic E-state index is 12.4. The van der Waals surface area contributed by atoms with Crippen molar-refractivity contribution in [3.8, 4) is 0 Å². The predicted molar refractivity (Wildman–Crippen MR) is 96.0 cm³/mol. The molecule has 1 aromatic heterocycles. The maximum Gasteiger partial charge on any atom is 0.224 e. The molecule has 1 aromatic rings. The van der Waals surface area contributed by atoms with E-state index in [0.29, 0.717) is 12.8 Å². The number of ketones is 2. The standard InChI is InChI=1S/C17H23N3O3.C2H6/c1-5-13(21)15(17(2,3)4)20-16(23)11-8-10(11)14(22)12-9-18-6-7-19-12;1-2/h6-7,9-11,15H,5,8H2,1-4H3,(H,20,23);1-2H3/t10?,11-,15?;/m0./s1. The number of carbonyl (C=O) groups excluding carboxylic acids is 3. The van der Waals surface area contributed by atoms with Crippen LogP contribution in [0.1, 0.15) is 64.9 Å². The predicted octanol–water partition coefficient (Wildman–Crippen LogP) is 2.83. The summed E-state index contributed by atoms with van der Waals surface area (Å²) in [5, 5.41) is 2.83. The van der Waals surface area contributed by atoms with Crippen molar-refractivity contribution >= 4 is 17.5 Å². The minimum absolute atomic E-state index is 0.00306. The van der Waals surface area contributed by atoms with Crippen molar-refractivity contribution in [2.24, 2.45) is 17.3 Å². The molecule has 0 radical (unpaired) electrons. The Hall–Kier alpha value is -2.11. The van der Waals surface area contributed by atoms with E-state index in [1.165, 1.54) is 18.6 Å². The summed E-state index contributed by atoms with van der Waals surface area (Å²) >= 11 is 0. The summed E-state index contributed by atoms with van der Waals surface area (Å²) in [4.78, 5) is 44.5. The molecule has 1 N–H and O–H groups in total. The number of rotatable bonds is 6. The fourth-order valence-electron chi connectivity index (χ4n) is 2.62. The van der Waals surface area contributed by atoms with Crippen molar-refractivity contribution in [2.75, 3.05) is 0 Å². The van der Waals surface area contributed by atoms with Gasteiger partial charge in [0.2, 0.25) is 5.91 Å². The molecule has 1 amide bonds. The highest BCUT2D eigenvalue weighted by Gasteiger charge is 2.49. The molecule has 3 atom stereocenters. The molecule has 0 saturated heterocycles. The van der Waals surface area contributed by atoms with E-state index in [-0.39, 0.29) is 40.4 Å². The minimum atomic E-state index is -0.534. The second-order valence-corrected chi connectivity index (χ2v) is 7.03. The van der Waals surface area contributed by atoms with Gasteiger partial charge in [-0.3, -0.25) is 19.4 Å². The highest BCUT2D eigenvalue weighted by Crippen LogP contribution is 2.41. The molecule has 25 heavy (non-hydrogen) atoms. The van der Waals surface area contributed by atoms with Gasteiger partial charge in [-0.2, -0.15) is 0 Å². The van der Waals surface area contributed by atoms with Crippen LogP contribution in [0.4, 0.5) is 0 Å². The molecule has 1 saturated carbocycles. The normalized spacial score (nSPS) is 19.9. The summed E-state index contributed by atoms with van der Waals surface area (Å²) in [7, 11) is 0. The maximum absolute atomic E-state index is 12.4. The molecule has 2 rings (SSSR count). The summed E-state index contributed by atoms with van der Waals surface area (Å²) in [6.45, 7) is 11.5. The number of Topliss-reactive ketones (excluding diaryl/α,β-unsaturated/α-hetero) is 2.